The van der Waals surface area contributed by atoms with Crippen molar-refractivity contribution in [2.45, 2.75) is 50.8 Å². The van der Waals surface area contributed by atoms with Crippen molar-refractivity contribution in [3.05, 3.63) is 54.7 Å². The second kappa shape index (κ2) is 11.7. The van der Waals surface area contributed by atoms with Crippen LogP contribution in [0.25, 0.3) is 21.9 Å². The topological polar surface area (TPSA) is 110 Å². The van der Waals surface area contributed by atoms with E-state index >= 15 is 0 Å². The molecule has 0 radical (unpaired) electrons. The van der Waals surface area contributed by atoms with Crippen LogP contribution in [0.15, 0.2) is 49.1 Å². The van der Waals surface area contributed by atoms with Crippen molar-refractivity contribution in [3.63, 3.8) is 0 Å². The number of benzene rings is 1. The van der Waals surface area contributed by atoms with Crippen LogP contribution in [0.1, 0.15) is 50.1 Å². The number of aromatic nitrogens is 4. The number of nitrogens with zero attached hydrogens (tertiary/aromatic N) is 4. The van der Waals surface area contributed by atoms with Crippen LogP contribution in [0.2, 0.25) is 0 Å². The Morgan fingerprint density at radius 1 is 0.952 bits per heavy atom. The maximum atomic E-state index is 13.4. The molecule has 2 fully saturated rings. The van der Waals surface area contributed by atoms with Crippen LogP contribution in [0.5, 0.6) is 11.5 Å². The van der Waals surface area contributed by atoms with Crippen LogP contribution in [0.4, 0.5) is 13.2 Å². The van der Waals surface area contributed by atoms with E-state index in [9.17, 15) is 21.6 Å². The number of fused-ring (bicyclic) bond motifs is 3. The molecular formula is C29H32F3N5O4S. The molecule has 13 heteroatoms. The van der Waals surface area contributed by atoms with Crippen molar-refractivity contribution in [2.75, 3.05) is 25.4 Å². The molecule has 1 N–H and O–H groups in total. The van der Waals surface area contributed by atoms with Gasteiger partial charge >= 0.3 is 6.36 Å². The highest BCUT2D eigenvalue weighted by Gasteiger charge is 2.34. The highest BCUT2D eigenvalue weighted by atomic mass is 32.2. The Morgan fingerprint density at radius 3 is 2.48 bits per heavy atom. The van der Waals surface area contributed by atoms with Crippen LogP contribution in [0, 0.1) is 11.8 Å². The number of piperidine rings is 1. The number of hydrogen-bond donors (Lipinski definition) is 1. The zero-order valence-electron chi connectivity index (χ0n) is 22.9. The summed E-state index contributed by atoms with van der Waals surface area (Å²) >= 11 is 0. The SMILES string of the molecule is O=S(=O)(CC1CCC(c2[nH]cnc3cnc4nccc4c23)CC1)N1CCCC(COc2ccc(OC(F)(F)F)cc2)C1. The second-order valence-corrected chi connectivity index (χ2v) is 13.2. The predicted octanol–water partition coefficient (Wildman–Crippen LogP) is 5.80. The van der Waals surface area contributed by atoms with E-state index in [-0.39, 0.29) is 35.9 Å². The predicted molar refractivity (Wildman–Crippen MR) is 151 cm³/mol. The summed E-state index contributed by atoms with van der Waals surface area (Å²) in [5.74, 6) is 0.599. The lowest BCUT2D eigenvalue weighted by Gasteiger charge is -2.34. The Hall–Kier alpha value is -3.45. The molecule has 6 rings (SSSR count). The molecule has 0 amide bonds. The third kappa shape index (κ3) is 6.46. The van der Waals surface area contributed by atoms with Crippen LogP contribution < -0.4 is 9.47 Å². The van der Waals surface area contributed by atoms with Gasteiger partial charge in [0.25, 0.3) is 0 Å². The van der Waals surface area contributed by atoms with E-state index in [1.165, 1.54) is 24.3 Å². The molecule has 1 saturated heterocycles. The van der Waals surface area contributed by atoms with E-state index < -0.39 is 16.4 Å². The number of rotatable bonds is 8. The van der Waals surface area contributed by atoms with E-state index in [1.54, 1.807) is 23.0 Å². The lowest BCUT2D eigenvalue weighted by atomic mass is 9.80. The van der Waals surface area contributed by atoms with Gasteiger partial charge in [-0.05, 0) is 80.7 Å². The Kier molecular flexibility index (Phi) is 7.97. The second-order valence-electron chi connectivity index (χ2n) is 11.2. The standard InChI is InChI=1S/C29H32F3N5O4S/c30-29(31,32)41-23-9-7-22(8-10-23)40-16-20-2-1-13-37(15-20)42(38,39)17-19-3-5-21(6-4-19)27-26-24-11-12-33-28(24)34-14-25(26)35-18-36-27/h7-12,14,18-21H,1-6,13,15-17H2,(H,35,36). The van der Waals surface area contributed by atoms with Gasteiger partial charge in [0.1, 0.15) is 11.5 Å². The van der Waals surface area contributed by atoms with Crippen molar-refractivity contribution in [3.8, 4) is 11.5 Å². The number of H-pyrrole nitrogens is 1. The highest BCUT2D eigenvalue weighted by Crippen LogP contribution is 2.39. The third-order valence-electron chi connectivity index (χ3n) is 8.33. The molecule has 1 saturated carbocycles. The summed E-state index contributed by atoms with van der Waals surface area (Å²) < 4.78 is 75.2. The van der Waals surface area contributed by atoms with Crippen molar-refractivity contribution >= 4 is 32.0 Å². The minimum absolute atomic E-state index is 0.00266. The van der Waals surface area contributed by atoms with Crippen molar-refractivity contribution in [1.82, 2.24) is 24.2 Å². The smallest absolute Gasteiger partial charge is 0.493 e. The van der Waals surface area contributed by atoms with Crippen molar-refractivity contribution in [2.24, 2.45) is 11.8 Å². The molecule has 9 nitrogen and oxygen atoms in total. The first-order valence-electron chi connectivity index (χ1n) is 14.2. The number of nitrogens with one attached hydrogen (secondary N) is 1. The molecule has 4 aromatic rings. The molecule has 0 bridgehead atoms. The fraction of sp³-hybridized carbons (Fsp3) is 0.483. The van der Waals surface area contributed by atoms with E-state index in [0.717, 1.165) is 60.5 Å². The van der Waals surface area contributed by atoms with Gasteiger partial charge in [-0.15, -0.1) is 13.2 Å². The van der Waals surface area contributed by atoms with Crippen molar-refractivity contribution < 1.29 is 31.1 Å². The van der Waals surface area contributed by atoms with Gasteiger partial charge in [0, 0.05) is 41.7 Å². The van der Waals surface area contributed by atoms with Crippen molar-refractivity contribution in [1.29, 1.82) is 0 Å². The third-order valence-corrected chi connectivity index (χ3v) is 10.3. The molecule has 4 heterocycles. The molecule has 1 aliphatic carbocycles. The molecule has 2 aliphatic rings. The monoisotopic (exact) mass is 603 g/mol. The lowest BCUT2D eigenvalue weighted by molar-refractivity contribution is -0.274. The van der Waals surface area contributed by atoms with Gasteiger partial charge in [-0.1, -0.05) is 0 Å². The maximum Gasteiger partial charge on any atom is 0.573 e. The maximum absolute atomic E-state index is 13.4. The normalized spacial score (nSPS) is 22.4. The minimum Gasteiger partial charge on any atom is -0.493 e. The largest absolute Gasteiger partial charge is 0.573 e. The molecule has 1 unspecified atom stereocenters. The zero-order chi connectivity index (χ0) is 29.3. The molecular weight excluding hydrogens is 571 g/mol. The summed E-state index contributed by atoms with van der Waals surface area (Å²) in [6.07, 6.45) is 5.43. The van der Waals surface area contributed by atoms with E-state index in [1.807, 2.05) is 6.07 Å². The molecule has 1 atom stereocenters. The van der Waals surface area contributed by atoms with Crippen LogP contribution in [-0.2, 0) is 10.0 Å². The van der Waals surface area contributed by atoms with Crippen LogP contribution >= 0.6 is 0 Å². The number of pyridine rings is 1. The van der Waals surface area contributed by atoms with Gasteiger partial charge in [-0.2, -0.15) is 0 Å². The van der Waals surface area contributed by atoms with Gasteiger partial charge in [-0.25, -0.2) is 27.7 Å². The Labute approximate surface area is 241 Å². The van der Waals surface area contributed by atoms with Gasteiger partial charge < -0.3 is 14.5 Å². The number of sulfonamides is 1. The van der Waals surface area contributed by atoms with Crippen LogP contribution in [-0.4, -0.2) is 64.5 Å². The van der Waals surface area contributed by atoms with E-state index in [4.69, 9.17) is 4.74 Å². The number of alkyl halides is 3. The number of hydrogen-bond acceptors (Lipinski definition) is 7. The quantitative estimate of drug-likeness (QED) is 0.271. The number of halogens is 3. The average Bonchev–Trinajstić information content (AvgIpc) is 3.46. The molecule has 1 aliphatic heterocycles. The fourth-order valence-corrected chi connectivity index (χ4v) is 8.27. The summed E-state index contributed by atoms with van der Waals surface area (Å²) in [6.45, 7) is 1.16. The minimum atomic E-state index is -4.75. The molecule has 224 valence electrons. The number of ether oxygens (including phenoxy) is 2. The average molecular weight is 604 g/mol. The van der Waals surface area contributed by atoms with E-state index in [0.29, 0.717) is 24.5 Å². The first-order valence-corrected chi connectivity index (χ1v) is 15.8. The lowest BCUT2D eigenvalue weighted by Crippen LogP contribution is -2.43. The Bertz CT molecular complexity index is 1640. The molecule has 0 spiro atoms. The van der Waals surface area contributed by atoms with E-state index in [2.05, 4.69) is 24.7 Å². The first kappa shape index (κ1) is 28.7. The molecule has 42 heavy (non-hydrogen) atoms. The Morgan fingerprint density at radius 2 is 1.71 bits per heavy atom. The summed E-state index contributed by atoms with van der Waals surface area (Å²) in [5.41, 5.74) is 2.64. The van der Waals surface area contributed by atoms with Gasteiger partial charge in [0.15, 0.2) is 5.65 Å². The summed E-state index contributed by atoms with van der Waals surface area (Å²) in [5, 5.41) is 2.02. The summed E-state index contributed by atoms with van der Waals surface area (Å²) in [4.78, 5) is 16.5. The molecule has 3 aromatic heterocycles. The fourth-order valence-electron chi connectivity index (χ4n) is 6.28. The zero-order valence-corrected chi connectivity index (χ0v) is 23.7. The Balaban J connectivity index is 1.03. The first-order chi connectivity index (χ1) is 20.1. The van der Waals surface area contributed by atoms with Gasteiger partial charge in [-0.3, -0.25) is 0 Å². The highest BCUT2D eigenvalue weighted by molar-refractivity contribution is 7.89. The summed E-state index contributed by atoms with van der Waals surface area (Å²) in [7, 11) is -3.44. The van der Waals surface area contributed by atoms with Gasteiger partial charge in [0.2, 0.25) is 10.0 Å². The summed E-state index contributed by atoms with van der Waals surface area (Å²) in [6, 6.07) is 7.18. The van der Waals surface area contributed by atoms with Gasteiger partial charge in [0.05, 0.1) is 30.4 Å². The molecule has 1 aromatic carbocycles. The van der Waals surface area contributed by atoms with Crippen LogP contribution in [0.3, 0.4) is 0 Å². The number of aromatic amines is 1.